The highest BCUT2D eigenvalue weighted by molar-refractivity contribution is 5.89. The number of amides is 2. The van der Waals surface area contributed by atoms with Crippen LogP contribution in [0.25, 0.3) is 10.9 Å². The van der Waals surface area contributed by atoms with E-state index in [1.54, 1.807) is 4.90 Å². The summed E-state index contributed by atoms with van der Waals surface area (Å²) in [6, 6.07) is 13.9. The van der Waals surface area contributed by atoms with Crippen molar-refractivity contribution in [3.63, 3.8) is 0 Å². The summed E-state index contributed by atoms with van der Waals surface area (Å²) < 4.78 is 0. The average Bonchev–Trinajstić information content (AvgIpc) is 3.03. The van der Waals surface area contributed by atoms with Crippen LogP contribution in [-0.4, -0.2) is 27.7 Å². The van der Waals surface area contributed by atoms with Crippen molar-refractivity contribution in [2.24, 2.45) is 5.92 Å². The van der Waals surface area contributed by atoms with Crippen LogP contribution < -0.4 is 5.32 Å². The van der Waals surface area contributed by atoms with E-state index in [0.717, 1.165) is 27.9 Å². The zero-order chi connectivity index (χ0) is 22.1. The fraction of sp³-hybridized carbons (Fsp3) is 0.385. The van der Waals surface area contributed by atoms with Gasteiger partial charge in [-0.1, -0.05) is 44.2 Å². The maximum atomic E-state index is 13.2. The monoisotopic (exact) mass is 417 g/mol. The van der Waals surface area contributed by atoms with E-state index in [1.165, 1.54) is 10.9 Å². The molecule has 31 heavy (non-hydrogen) atoms. The molecule has 1 aromatic heterocycles. The Morgan fingerprint density at radius 2 is 1.87 bits per heavy atom. The van der Waals surface area contributed by atoms with Crippen molar-refractivity contribution in [2.75, 3.05) is 0 Å². The van der Waals surface area contributed by atoms with Gasteiger partial charge in [-0.2, -0.15) is 0 Å². The number of carbonyl (C=O) groups is 2. The largest absolute Gasteiger partial charge is 0.358 e. The second-order valence-electron chi connectivity index (χ2n) is 9.08. The third-order valence-corrected chi connectivity index (χ3v) is 6.29. The minimum absolute atomic E-state index is 0.0458. The highest BCUT2D eigenvalue weighted by atomic mass is 16.2. The Hall–Kier alpha value is -3.08. The molecule has 5 heteroatoms. The van der Waals surface area contributed by atoms with Crippen molar-refractivity contribution < 1.29 is 9.59 Å². The molecule has 3 aromatic rings. The van der Waals surface area contributed by atoms with Crippen molar-refractivity contribution >= 4 is 22.7 Å². The Morgan fingerprint density at radius 1 is 1.13 bits per heavy atom. The van der Waals surface area contributed by atoms with E-state index >= 15 is 0 Å². The predicted octanol–water partition coefficient (Wildman–Crippen LogP) is 4.40. The lowest BCUT2D eigenvalue weighted by Gasteiger charge is -2.36. The number of aromatic nitrogens is 1. The van der Waals surface area contributed by atoms with Gasteiger partial charge in [0.2, 0.25) is 11.8 Å². The molecule has 0 bridgehead atoms. The van der Waals surface area contributed by atoms with Gasteiger partial charge in [-0.15, -0.1) is 0 Å². The molecule has 1 atom stereocenters. The number of carbonyl (C=O) groups excluding carboxylic acids is 2. The molecule has 1 unspecified atom stereocenters. The summed E-state index contributed by atoms with van der Waals surface area (Å²) in [4.78, 5) is 31.3. The van der Waals surface area contributed by atoms with Crippen LogP contribution in [0, 0.1) is 19.8 Å². The lowest BCUT2D eigenvalue weighted by molar-refractivity contribution is -0.142. The topological polar surface area (TPSA) is 65.2 Å². The molecule has 1 aliphatic heterocycles. The number of H-pyrrole nitrogens is 1. The quantitative estimate of drug-likeness (QED) is 0.646. The van der Waals surface area contributed by atoms with Gasteiger partial charge in [0, 0.05) is 42.5 Å². The number of aromatic amines is 1. The summed E-state index contributed by atoms with van der Waals surface area (Å²) in [6.45, 7) is 9.18. The molecule has 0 fully saturated rings. The van der Waals surface area contributed by atoms with Gasteiger partial charge < -0.3 is 15.2 Å². The molecule has 2 heterocycles. The number of fused-ring (bicyclic) bond motifs is 2. The van der Waals surface area contributed by atoms with Crippen LogP contribution in [0.3, 0.4) is 0 Å². The molecule has 162 valence electrons. The van der Waals surface area contributed by atoms with Gasteiger partial charge in [0.05, 0.1) is 0 Å². The number of rotatable bonds is 5. The Morgan fingerprint density at radius 3 is 2.61 bits per heavy atom. The number of hydrogen-bond donors (Lipinski definition) is 2. The summed E-state index contributed by atoms with van der Waals surface area (Å²) >= 11 is 0. The van der Waals surface area contributed by atoms with E-state index < -0.39 is 6.04 Å². The highest BCUT2D eigenvalue weighted by Crippen LogP contribution is 2.26. The molecule has 0 saturated heterocycles. The first-order chi connectivity index (χ1) is 14.8. The van der Waals surface area contributed by atoms with Crippen LogP contribution in [0.15, 0.2) is 42.5 Å². The molecular weight excluding hydrogens is 386 g/mol. The van der Waals surface area contributed by atoms with Crippen LogP contribution in [0.4, 0.5) is 0 Å². The van der Waals surface area contributed by atoms with Crippen LogP contribution in [-0.2, 0) is 29.1 Å². The summed E-state index contributed by atoms with van der Waals surface area (Å²) in [5.74, 6) is 0.214. The van der Waals surface area contributed by atoms with Gasteiger partial charge in [-0.05, 0) is 54.2 Å². The molecular formula is C26H31N3O2. The second kappa shape index (κ2) is 8.58. The van der Waals surface area contributed by atoms with E-state index in [1.807, 2.05) is 32.0 Å². The number of nitrogens with one attached hydrogen (secondary N) is 2. The molecule has 5 nitrogen and oxygen atoms in total. The van der Waals surface area contributed by atoms with E-state index in [2.05, 4.69) is 48.4 Å². The van der Waals surface area contributed by atoms with Gasteiger partial charge in [0.15, 0.2) is 0 Å². The number of aryl methyl sites for hydroxylation is 2. The fourth-order valence-corrected chi connectivity index (χ4v) is 4.41. The van der Waals surface area contributed by atoms with E-state index in [0.29, 0.717) is 25.9 Å². The molecule has 2 amide bonds. The minimum Gasteiger partial charge on any atom is -0.358 e. The van der Waals surface area contributed by atoms with E-state index in [9.17, 15) is 9.59 Å². The first-order valence-corrected chi connectivity index (χ1v) is 11.0. The van der Waals surface area contributed by atoms with Gasteiger partial charge in [0.1, 0.15) is 6.04 Å². The van der Waals surface area contributed by atoms with Crippen molar-refractivity contribution in [2.45, 2.75) is 59.7 Å². The maximum Gasteiger partial charge on any atom is 0.243 e. The van der Waals surface area contributed by atoms with Gasteiger partial charge in [-0.3, -0.25) is 9.59 Å². The summed E-state index contributed by atoms with van der Waals surface area (Å²) in [6.07, 6.45) is 1.01. The normalized spacial score (nSPS) is 15.9. The third kappa shape index (κ3) is 4.36. The molecule has 2 aromatic carbocycles. The van der Waals surface area contributed by atoms with Crippen LogP contribution in [0.5, 0.6) is 0 Å². The molecule has 1 aliphatic rings. The lowest BCUT2D eigenvalue weighted by Crippen LogP contribution is -2.52. The smallest absolute Gasteiger partial charge is 0.243 e. The van der Waals surface area contributed by atoms with Crippen LogP contribution in [0.1, 0.15) is 48.2 Å². The number of hydrogen-bond acceptors (Lipinski definition) is 2. The maximum absolute atomic E-state index is 13.2. The minimum atomic E-state index is -0.471. The Labute approximate surface area is 183 Å². The SMILES string of the molecule is Cc1[nH]c2ccc(CNC(=O)C3Cc4ccccc4CN3C(=O)CC(C)C)cc2c1C. The van der Waals surface area contributed by atoms with E-state index in [4.69, 9.17) is 0 Å². The first kappa shape index (κ1) is 21.2. The van der Waals surface area contributed by atoms with Gasteiger partial charge >= 0.3 is 0 Å². The number of benzene rings is 2. The summed E-state index contributed by atoms with van der Waals surface area (Å²) in [7, 11) is 0. The summed E-state index contributed by atoms with van der Waals surface area (Å²) in [5, 5.41) is 4.27. The summed E-state index contributed by atoms with van der Waals surface area (Å²) in [5.41, 5.74) is 6.84. The zero-order valence-electron chi connectivity index (χ0n) is 18.8. The second-order valence-corrected chi connectivity index (χ2v) is 9.08. The third-order valence-electron chi connectivity index (χ3n) is 6.29. The first-order valence-electron chi connectivity index (χ1n) is 11.0. The average molecular weight is 418 g/mol. The fourth-order valence-electron chi connectivity index (χ4n) is 4.41. The van der Waals surface area contributed by atoms with Crippen LogP contribution in [0.2, 0.25) is 0 Å². The van der Waals surface area contributed by atoms with Crippen molar-refractivity contribution in [3.8, 4) is 0 Å². The number of nitrogens with zero attached hydrogens (tertiary/aromatic N) is 1. The molecule has 0 radical (unpaired) electrons. The van der Waals surface area contributed by atoms with Gasteiger partial charge in [-0.25, -0.2) is 0 Å². The van der Waals surface area contributed by atoms with Crippen LogP contribution >= 0.6 is 0 Å². The Bertz CT molecular complexity index is 1130. The molecule has 0 aliphatic carbocycles. The molecule has 0 saturated carbocycles. The Balaban J connectivity index is 1.52. The molecule has 0 spiro atoms. The Kier molecular flexibility index (Phi) is 5.86. The molecule has 4 rings (SSSR count). The predicted molar refractivity (Wildman–Crippen MR) is 124 cm³/mol. The molecule has 2 N–H and O–H groups in total. The van der Waals surface area contributed by atoms with E-state index in [-0.39, 0.29) is 17.7 Å². The highest BCUT2D eigenvalue weighted by Gasteiger charge is 2.34. The van der Waals surface area contributed by atoms with Crippen molar-refractivity contribution in [3.05, 3.63) is 70.4 Å². The standard InChI is InChI=1S/C26H31N3O2/c1-16(2)11-25(30)29-15-21-8-6-5-7-20(21)13-24(29)26(31)27-14-19-9-10-23-22(12-19)17(3)18(4)28-23/h5-10,12,16,24,28H,11,13-15H2,1-4H3,(H,27,31). The van der Waals surface area contributed by atoms with Crippen molar-refractivity contribution in [1.29, 1.82) is 0 Å². The zero-order valence-corrected chi connectivity index (χ0v) is 18.8. The van der Waals surface area contributed by atoms with Crippen molar-refractivity contribution in [1.82, 2.24) is 15.2 Å². The lowest BCUT2D eigenvalue weighted by atomic mass is 9.92. The van der Waals surface area contributed by atoms with Gasteiger partial charge in [0.25, 0.3) is 0 Å².